The normalized spacial score (nSPS) is 28.0. The molecule has 170 valence electrons. The Kier molecular flexibility index (Phi) is 5.80. The standard InChI is InChI=1S/C20H25ClN8O3/c1-32-8-11-6-13(18(31)17(11)30)29-10-24-16-19(22-9-23-20(16)29)25-12-4-5-28(7-12)15-3-2-14(21)26-27-15/h2-3,9-13,17-18,30-31H,4-8H2,1H3,(H,22,23,25)/t11-,12+,13-,17+,18-/m1/s1. The van der Waals surface area contributed by atoms with E-state index in [4.69, 9.17) is 16.3 Å². The van der Waals surface area contributed by atoms with E-state index in [-0.39, 0.29) is 18.0 Å². The smallest absolute Gasteiger partial charge is 0.165 e. The number of rotatable bonds is 6. The molecule has 0 spiro atoms. The van der Waals surface area contributed by atoms with Crippen LogP contribution in [0.1, 0.15) is 18.9 Å². The van der Waals surface area contributed by atoms with Crippen molar-refractivity contribution < 1.29 is 14.9 Å². The molecule has 3 aromatic heterocycles. The largest absolute Gasteiger partial charge is 0.390 e. The Labute approximate surface area is 189 Å². The number of fused-ring (bicyclic) bond motifs is 1. The van der Waals surface area contributed by atoms with Gasteiger partial charge in [0.15, 0.2) is 22.4 Å². The first kappa shape index (κ1) is 21.3. The predicted octanol–water partition coefficient (Wildman–Crippen LogP) is 0.890. The van der Waals surface area contributed by atoms with Crippen molar-refractivity contribution in [3.05, 3.63) is 29.9 Å². The van der Waals surface area contributed by atoms with Crippen LogP contribution in [-0.4, -0.2) is 85.0 Å². The van der Waals surface area contributed by atoms with Crippen LogP contribution >= 0.6 is 11.6 Å². The second-order valence-electron chi connectivity index (χ2n) is 8.34. The van der Waals surface area contributed by atoms with E-state index in [0.29, 0.717) is 35.2 Å². The zero-order chi connectivity index (χ0) is 22.2. The topological polar surface area (TPSA) is 134 Å². The van der Waals surface area contributed by atoms with Crippen molar-refractivity contribution in [3.8, 4) is 0 Å². The van der Waals surface area contributed by atoms with E-state index in [1.807, 2.05) is 10.6 Å². The lowest BCUT2D eigenvalue weighted by molar-refractivity contribution is -0.00886. The number of aliphatic hydroxyl groups excluding tert-OH is 2. The van der Waals surface area contributed by atoms with Crippen molar-refractivity contribution >= 4 is 34.4 Å². The zero-order valence-corrected chi connectivity index (χ0v) is 18.3. The second kappa shape index (κ2) is 8.74. The molecule has 3 aromatic rings. The summed E-state index contributed by atoms with van der Waals surface area (Å²) >= 11 is 5.84. The van der Waals surface area contributed by atoms with Crippen LogP contribution in [0.4, 0.5) is 11.6 Å². The number of ether oxygens (including phenoxy) is 1. The third-order valence-electron chi connectivity index (χ3n) is 6.34. The molecular formula is C20H25ClN8O3. The van der Waals surface area contributed by atoms with Crippen LogP contribution in [0.5, 0.6) is 0 Å². The highest BCUT2D eigenvalue weighted by Gasteiger charge is 2.43. The Morgan fingerprint density at radius 2 is 2.06 bits per heavy atom. The maximum Gasteiger partial charge on any atom is 0.165 e. The lowest BCUT2D eigenvalue weighted by Crippen LogP contribution is -2.30. The maximum atomic E-state index is 10.6. The Balaban J connectivity index is 1.33. The molecule has 3 N–H and O–H groups in total. The van der Waals surface area contributed by atoms with Crippen LogP contribution in [0.3, 0.4) is 0 Å². The number of anilines is 2. The van der Waals surface area contributed by atoms with Crippen LogP contribution in [-0.2, 0) is 4.74 Å². The highest BCUT2D eigenvalue weighted by molar-refractivity contribution is 6.29. The second-order valence-corrected chi connectivity index (χ2v) is 8.72. The van der Waals surface area contributed by atoms with Crippen LogP contribution in [0, 0.1) is 5.92 Å². The molecule has 11 nitrogen and oxygen atoms in total. The van der Waals surface area contributed by atoms with Gasteiger partial charge in [0, 0.05) is 32.2 Å². The summed E-state index contributed by atoms with van der Waals surface area (Å²) in [5.41, 5.74) is 1.25. The van der Waals surface area contributed by atoms with Crippen molar-refractivity contribution in [2.24, 2.45) is 5.92 Å². The number of halogens is 1. The van der Waals surface area contributed by atoms with Gasteiger partial charge in [0.25, 0.3) is 0 Å². The molecule has 5 rings (SSSR count). The molecule has 0 bridgehead atoms. The van der Waals surface area contributed by atoms with Crippen LogP contribution in [0.2, 0.25) is 5.15 Å². The Morgan fingerprint density at radius 1 is 1.19 bits per heavy atom. The SMILES string of the molecule is COC[C@H]1C[C@@H](n2cnc3c(N[C@H]4CCN(c5ccc(Cl)nn5)C4)ncnc32)[C@@H](O)[C@H]1O. The molecule has 0 unspecified atom stereocenters. The Morgan fingerprint density at radius 3 is 2.84 bits per heavy atom. The van der Waals surface area contributed by atoms with Gasteiger partial charge in [0.2, 0.25) is 0 Å². The molecular weight excluding hydrogens is 436 g/mol. The third kappa shape index (κ3) is 3.85. The van der Waals surface area contributed by atoms with Crippen molar-refractivity contribution in [2.75, 3.05) is 37.0 Å². The monoisotopic (exact) mass is 460 g/mol. The van der Waals surface area contributed by atoms with Gasteiger partial charge in [-0.2, -0.15) is 0 Å². The molecule has 0 aromatic carbocycles. The number of hydrogen-bond donors (Lipinski definition) is 3. The van der Waals surface area contributed by atoms with Crippen molar-refractivity contribution in [1.82, 2.24) is 29.7 Å². The molecule has 5 atom stereocenters. The Bertz CT molecular complexity index is 1080. The number of nitrogens with zero attached hydrogens (tertiary/aromatic N) is 7. The third-order valence-corrected chi connectivity index (χ3v) is 6.54. The predicted molar refractivity (Wildman–Crippen MR) is 118 cm³/mol. The van der Waals surface area contributed by atoms with E-state index in [1.54, 1.807) is 19.5 Å². The van der Waals surface area contributed by atoms with Gasteiger partial charge in [-0.15, -0.1) is 10.2 Å². The average Bonchev–Trinajstić information content (AvgIpc) is 3.50. The number of methoxy groups -OCH3 is 1. The molecule has 1 saturated heterocycles. The van der Waals surface area contributed by atoms with Crippen LogP contribution in [0.15, 0.2) is 24.8 Å². The van der Waals surface area contributed by atoms with E-state index >= 15 is 0 Å². The van der Waals surface area contributed by atoms with Gasteiger partial charge >= 0.3 is 0 Å². The molecule has 32 heavy (non-hydrogen) atoms. The van der Waals surface area contributed by atoms with Crippen molar-refractivity contribution in [2.45, 2.75) is 37.1 Å². The lowest BCUT2D eigenvalue weighted by Gasteiger charge is -2.19. The zero-order valence-electron chi connectivity index (χ0n) is 17.5. The molecule has 1 saturated carbocycles. The lowest BCUT2D eigenvalue weighted by atomic mass is 10.1. The number of hydrogen-bond acceptors (Lipinski definition) is 10. The van der Waals surface area contributed by atoms with Crippen LogP contribution in [0.25, 0.3) is 11.2 Å². The van der Waals surface area contributed by atoms with E-state index in [2.05, 4.69) is 35.4 Å². The molecule has 1 aliphatic carbocycles. The fourth-order valence-corrected chi connectivity index (χ4v) is 4.81. The molecule has 2 fully saturated rings. The highest BCUT2D eigenvalue weighted by Crippen LogP contribution is 2.37. The quantitative estimate of drug-likeness (QED) is 0.486. The molecule has 2 aliphatic rings. The van der Waals surface area contributed by atoms with Crippen LogP contribution < -0.4 is 10.2 Å². The minimum Gasteiger partial charge on any atom is -0.390 e. The van der Waals surface area contributed by atoms with E-state index < -0.39 is 12.2 Å². The Hall–Kier alpha value is -2.60. The minimum absolute atomic E-state index is 0.141. The molecule has 0 radical (unpaired) electrons. The van der Waals surface area contributed by atoms with E-state index in [0.717, 1.165) is 25.3 Å². The first-order chi connectivity index (χ1) is 15.5. The number of imidazole rings is 1. The summed E-state index contributed by atoms with van der Waals surface area (Å²) in [7, 11) is 1.59. The van der Waals surface area contributed by atoms with Gasteiger partial charge in [0.1, 0.15) is 17.9 Å². The van der Waals surface area contributed by atoms with Gasteiger partial charge in [-0.05, 0) is 25.0 Å². The fraction of sp³-hybridized carbons (Fsp3) is 0.550. The average molecular weight is 461 g/mol. The first-order valence-corrected chi connectivity index (χ1v) is 11.0. The minimum atomic E-state index is -0.914. The van der Waals surface area contributed by atoms with E-state index in [9.17, 15) is 10.2 Å². The summed E-state index contributed by atoms with van der Waals surface area (Å²) in [5, 5.41) is 32.9. The molecule has 4 heterocycles. The van der Waals surface area contributed by atoms with Crippen molar-refractivity contribution in [3.63, 3.8) is 0 Å². The van der Waals surface area contributed by atoms with Gasteiger partial charge in [-0.1, -0.05) is 11.6 Å². The first-order valence-electron chi connectivity index (χ1n) is 10.6. The summed E-state index contributed by atoms with van der Waals surface area (Å²) in [5.74, 6) is 1.29. The summed E-state index contributed by atoms with van der Waals surface area (Å²) in [6, 6.07) is 3.42. The molecule has 0 amide bonds. The summed E-state index contributed by atoms with van der Waals surface area (Å²) in [6.45, 7) is 1.97. The summed E-state index contributed by atoms with van der Waals surface area (Å²) < 4.78 is 7.02. The van der Waals surface area contributed by atoms with Gasteiger partial charge in [0.05, 0.1) is 25.1 Å². The van der Waals surface area contributed by atoms with Gasteiger partial charge in [-0.25, -0.2) is 15.0 Å². The highest BCUT2D eigenvalue weighted by atomic mass is 35.5. The fourth-order valence-electron chi connectivity index (χ4n) is 4.71. The van der Waals surface area contributed by atoms with Gasteiger partial charge in [-0.3, -0.25) is 0 Å². The van der Waals surface area contributed by atoms with Gasteiger partial charge < -0.3 is 29.7 Å². The summed E-state index contributed by atoms with van der Waals surface area (Å²) in [4.78, 5) is 15.5. The van der Waals surface area contributed by atoms with E-state index in [1.165, 1.54) is 6.33 Å². The molecule has 1 aliphatic heterocycles. The number of nitrogens with one attached hydrogen (secondary N) is 1. The summed E-state index contributed by atoms with van der Waals surface area (Å²) in [6.07, 6.45) is 2.87. The maximum absolute atomic E-state index is 10.6. The molecule has 12 heteroatoms. The number of aliphatic hydroxyl groups is 2. The number of aromatic nitrogens is 6. The van der Waals surface area contributed by atoms with Crippen molar-refractivity contribution in [1.29, 1.82) is 0 Å².